The SMILES string of the molecule is CCO.NCc1ccccn1.NCc1ccccn1. The molecule has 0 bridgehead atoms. The highest BCUT2D eigenvalue weighted by Gasteiger charge is 1.82. The first-order valence-corrected chi connectivity index (χ1v) is 6.09. The molecule has 0 saturated carbocycles. The van der Waals surface area contributed by atoms with Gasteiger partial charge in [-0.3, -0.25) is 9.97 Å². The van der Waals surface area contributed by atoms with Crippen molar-refractivity contribution in [2.24, 2.45) is 11.5 Å². The Labute approximate surface area is 114 Å². The quantitative estimate of drug-likeness (QED) is 0.752. The lowest BCUT2D eigenvalue weighted by molar-refractivity contribution is 0.318. The molecule has 0 fully saturated rings. The highest BCUT2D eigenvalue weighted by Crippen LogP contribution is 1.88. The van der Waals surface area contributed by atoms with Gasteiger partial charge in [0.25, 0.3) is 0 Å². The van der Waals surface area contributed by atoms with E-state index in [1.807, 2.05) is 36.4 Å². The Morgan fingerprint density at radius 3 is 1.42 bits per heavy atom. The molecule has 19 heavy (non-hydrogen) atoms. The zero-order chi connectivity index (χ0) is 14.3. The van der Waals surface area contributed by atoms with Crippen LogP contribution in [0.2, 0.25) is 0 Å². The Morgan fingerprint density at radius 1 is 0.895 bits per heavy atom. The number of aliphatic hydroxyl groups is 1. The predicted molar refractivity (Wildman–Crippen MR) is 77.0 cm³/mol. The van der Waals surface area contributed by atoms with Gasteiger partial charge in [-0.2, -0.15) is 0 Å². The van der Waals surface area contributed by atoms with Gasteiger partial charge in [0.15, 0.2) is 0 Å². The van der Waals surface area contributed by atoms with E-state index < -0.39 is 0 Å². The summed E-state index contributed by atoms with van der Waals surface area (Å²) in [6.07, 6.45) is 3.48. The molecule has 0 aliphatic rings. The molecule has 2 heterocycles. The molecule has 0 amide bonds. The Balaban J connectivity index is 0.000000284. The van der Waals surface area contributed by atoms with E-state index in [1.54, 1.807) is 19.3 Å². The second-order valence-electron chi connectivity index (χ2n) is 3.37. The summed E-state index contributed by atoms with van der Waals surface area (Å²) in [5.74, 6) is 0. The van der Waals surface area contributed by atoms with Crippen LogP contribution in [0.5, 0.6) is 0 Å². The molecule has 0 aliphatic heterocycles. The second-order valence-corrected chi connectivity index (χ2v) is 3.37. The fourth-order valence-electron chi connectivity index (χ4n) is 1.04. The van der Waals surface area contributed by atoms with Crippen LogP contribution in [0.1, 0.15) is 18.3 Å². The molecule has 2 rings (SSSR count). The Hall–Kier alpha value is -1.82. The smallest absolute Gasteiger partial charge is 0.0539 e. The topological polar surface area (TPSA) is 98.0 Å². The van der Waals surface area contributed by atoms with Crippen LogP contribution >= 0.6 is 0 Å². The van der Waals surface area contributed by atoms with Crippen molar-refractivity contribution >= 4 is 0 Å². The molecular formula is C14H22N4O. The average Bonchev–Trinajstić information content (AvgIpc) is 2.50. The zero-order valence-corrected chi connectivity index (χ0v) is 11.2. The molecule has 0 spiro atoms. The van der Waals surface area contributed by atoms with E-state index in [1.165, 1.54) is 0 Å². The summed E-state index contributed by atoms with van der Waals surface area (Å²) in [5.41, 5.74) is 12.4. The lowest BCUT2D eigenvalue weighted by Gasteiger charge is -1.89. The molecule has 2 aromatic rings. The normalized spacial score (nSPS) is 8.63. The summed E-state index contributed by atoms with van der Waals surface area (Å²) < 4.78 is 0. The van der Waals surface area contributed by atoms with Gasteiger partial charge in [-0.25, -0.2) is 0 Å². The number of aliphatic hydroxyl groups excluding tert-OH is 1. The molecule has 0 saturated heterocycles. The summed E-state index contributed by atoms with van der Waals surface area (Å²) >= 11 is 0. The van der Waals surface area contributed by atoms with Crippen LogP contribution in [0.25, 0.3) is 0 Å². The van der Waals surface area contributed by atoms with Gasteiger partial charge in [-0.05, 0) is 31.2 Å². The molecular weight excluding hydrogens is 240 g/mol. The van der Waals surface area contributed by atoms with Crippen LogP contribution in [0, 0.1) is 0 Å². The average molecular weight is 262 g/mol. The third-order valence-electron chi connectivity index (χ3n) is 1.87. The van der Waals surface area contributed by atoms with Crippen LogP contribution in [0.15, 0.2) is 48.8 Å². The molecule has 0 unspecified atom stereocenters. The van der Waals surface area contributed by atoms with Crippen LogP contribution in [0.3, 0.4) is 0 Å². The standard InChI is InChI=1S/2C6H8N2.C2H6O/c2*7-5-6-3-1-2-4-8-6;1-2-3/h2*1-4H,5,7H2;3H,2H2,1H3. The second kappa shape index (κ2) is 12.6. The molecule has 0 aliphatic carbocycles. The molecule has 2 aromatic heterocycles. The summed E-state index contributed by atoms with van der Waals surface area (Å²) in [4.78, 5) is 7.94. The van der Waals surface area contributed by atoms with E-state index in [0.29, 0.717) is 13.1 Å². The first-order chi connectivity index (χ1) is 9.28. The van der Waals surface area contributed by atoms with Crippen LogP contribution < -0.4 is 11.5 Å². The van der Waals surface area contributed by atoms with Gasteiger partial charge in [-0.15, -0.1) is 0 Å². The number of pyridine rings is 2. The molecule has 0 radical (unpaired) electrons. The van der Waals surface area contributed by atoms with Gasteiger partial charge < -0.3 is 16.6 Å². The molecule has 5 heteroatoms. The number of aromatic nitrogens is 2. The number of nitrogens with two attached hydrogens (primary N) is 2. The van der Waals surface area contributed by atoms with Crippen molar-refractivity contribution in [1.29, 1.82) is 0 Å². The van der Waals surface area contributed by atoms with Crippen molar-refractivity contribution < 1.29 is 5.11 Å². The van der Waals surface area contributed by atoms with Gasteiger partial charge in [0.1, 0.15) is 0 Å². The molecule has 104 valence electrons. The van der Waals surface area contributed by atoms with E-state index >= 15 is 0 Å². The molecule has 5 nitrogen and oxygen atoms in total. The minimum atomic E-state index is 0.250. The Morgan fingerprint density at radius 2 is 1.26 bits per heavy atom. The van der Waals surface area contributed by atoms with Gasteiger partial charge in [0.05, 0.1) is 11.4 Å². The Bertz CT molecular complexity index is 355. The minimum Gasteiger partial charge on any atom is -0.397 e. The summed E-state index contributed by atoms with van der Waals surface area (Å²) in [7, 11) is 0. The Kier molecular flexibility index (Phi) is 11.4. The molecule has 0 atom stereocenters. The fraction of sp³-hybridized carbons (Fsp3) is 0.286. The summed E-state index contributed by atoms with van der Waals surface area (Å²) in [5, 5.41) is 7.57. The number of rotatable bonds is 2. The van der Waals surface area contributed by atoms with E-state index in [4.69, 9.17) is 16.6 Å². The lowest BCUT2D eigenvalue weighted by atomic mass is 10.4. The van der Waals surface area contributed by atoms with Crippen molar-refractivity contribution in [3.05, 3.63) is 60.2 Å². The van der Waals surface area contributed by atoms with E-state index in [9.17, 15) is 0 Å². The van der Waals surface area contributed by atoms with E-state index in [0.717, 1.165) is 11.4 Å². The van der Waals surface area contributed by atoms with Crippen molar-refractivity contribution in [3.8, 4) is 0 Å². The summed E-state index contributed by atoms with van der Waals surface area (Å²) in [6.45, 7) is 2.99. The lowest BCUT2D eigenvalue weighted by Crippen LogP contribution is -1.97. The third kappa shape index (κ3) is 9.84. The van der Waals surface area contributed by atoms with Gasteiger partial charge in [-0.1, -0.05) is 12.1 Å². The zero-order valence-electron chi connectivity index (χ0n) is 11.2. The van der Waals surface area contributed by atoms with Gasteiger partial charge in [0.2, 0.25) is 0 Å². The van der Waals surface area contributed by atoms with E-state index in [-0.39, 0.29) is 6.61 Å². The van der Waals surface area contributed by atoms with Gasteiger partial charge in [0, 0.05) is 32.1 Å². The van der Waals surface area contributed by atoms with Crippen LogP contribution in [-0.2, 0) is 13.1 Å². The van der Waals surface area contributed by atoms with Crippen LogP contribution in [0.4, 0.5) is 0 Å². The summed E-state index contributed by atoms with van der Waals surface area (Å²) in [6, 6.07) is 11.4. The number of hydrogen-bond donors (Lipinski definition) is 3. The van der Waals surface area contributed by atoms with Crippen molar-refractivity contribution in [1.82, 2.24) is 9.97 Å². The van der Waals surface area contributed by atoms with Crippen molar-refractivity contribution in [3.63, 3.8) is 0 Å². The maximum absolute atomic E-state index is 7.57. The van der Waals surface area contributed by atoms with E-state index in [2.05, 4.69) is 9.97 Å². The van der Waals surface area contributed by atoms with Crippen molar-refractivity contribution in [2.45, 2.75) is 20.0 Å². The molecule has 0 aromatic carbocycles. The predicted octanol–water partition coefficient (Wildman–Crippen LogP) is 1.08. The maximum atomic E-state index is 7.57. The minimum absolute atomic E-state index is 0.250. The highest BCUT2D eigenvalue weighted by molar-refractivity contribution is 5.02. The van der Waals surface area contributed by atoms with Crippen molar-refractivity contribution in [2.75, 3.05) is 6.61 Å². The number of nitrogens with zero attached hydrogens (tertiary/aromatic N) is 2. The fourth-order valence-corrected chi connectivity index (χ4v) is 1.04. The monoisotopic (exact) mass is 262 g/mol. The first-order valence-electron chi connectivity index (χ1n) is 6.09. The molecule has 5 N–H and O–H groups in total. The first kappa shape index (κ1) is 17.2. The number of hydrogen-bond acceptors (Lipinski definition) is 5. The maximum Gasteiger partial charge on any atom is 0.0539 e. The third-order valence-corrected chi connectivity index (χ3v) is 1.87. The van der Waals surface area contributed by atoms with Gasteiger partial charge >= 0.3 is 0 Å². The highest BCUT2D eigenvalue weighted by atomic mass is 16.2. The van der Waals surface area contributed by atoms with Crippen LogP contribution in [-0.4, -0.2) is 21.7 Å². The largest absolute Gasteiger partial charge is 0.397 e.